The Balaban J connectivity index is 1.76. The number of anilines is 1. The van der Waals surface area contributed by atoms with Crippen molar-refractivity contribution in [3.63, 3.8) is 0 Å². The van der Waals surface area contributed by atoms with E-state index in [0.29, 0.717) is 6.61 Å². The molecule has 0 atom stereocenters. The fourth-order valence-electron chi connectivity index (χ4n) is 2.53. The van der Waals surface area contributed by atoms with Crippen LogP contribution >= 0.6 is 0 Å². The van der Waals surface area contributed by atoms with Crippen molar-refractivity contribution in [1.29, 1.82) is 0 Å². The lowest BCUT2D eigenvalue weighted by Crippen LogP contribution is -2.36. The smallest absolute Gasteiger partial charge is 0.142 e. The van der Waals surface area contributed by atoms with Gasteiger partial charge in [0.05, 0.1) is 12.3 Å². The van der Waals surface area contributed by atoms with Crippen LogP contribution in [0.3, 0.4) is 0 Å². The maximum absolute atomic E-state index is 5.62. The molecule has 1 heterocycles. The Kier molecular flexibility index (Phi) is 5.52. The highest BCUT2D eigenvalue weighted by Gasteiger charge is 2.14. The average Bonchev–Trinajstić information content (AvgIpc) is 2.43. The van der Waals surface area contributed by atoms with Gasteiger partial charge in [0.2, 0.25) is 0 Å². The lowest BCUT2D eigenvalue weighted by atomic mass is 9.99. The van der Waals surface area contributed by atoms with Crippen LogP contribution in [0.25, 0.3) is 0 Å². The Bertz CT molecular complexity index is 373. The van der Waals surface area contributed by atoms with Crippen LogP contribution in [0.2, 0.25) is 0 Å². The first-order chi connectivity index (χ1) is 9.29. The second-order valence-electron chi connectivity index (χ2n) is 5.38. The minimum Gasteiger partial charge on any atom is -0.492 e. The topological polar surface area (TPSA) is 24.5 Å². The summed E-state index contributed by atoms with van der Waals surface area (Å²) in [7, 11) is 0. The molecule has 0 saturated carbocycles. The number of nitrogens with zero attached hydrogens (tertiary/aromatic N) is 1. The number of hydrogen-bond acceptors (Lipinski definition) is 3. The van der Waals surface area contributed by atoms with E-state index in [1.165, 1.54) is 25.9 Å². The Morgan fingerprint density at radius 1 is 1.26 bits per heavy atom. The SMILES string of the molecule is CCOc1ccccc1NCCN1CCC(C)CC1. The third-order valence-electron chi connectivity index (χ3n) is 3.81. The molecule has 19 heavy (non-hydrogen) atoms. The minimum atomic E-state index is 0.711. The number of piperidine rings is 1. The zero-order chi connectivity index (χ0) is 13.5. The van der Waals surface area contributed by atoms with E-state index in [9.17, 15) is 0 Å². The Morgan fingerprint density at radius 3 is 2.74 bits per heavy atom. The average molecular weight is 262 g/mol. The molecule has 0 spiro atoms. The van der Waals surface area contributed by atoms with Gasteiger partial charge in [0.25, 0.3) is 0 Å². The van der Waals surface area contributed by atoms with Crippen molar-refractivity contribution in [2.45, 2.75) is 26.7 Å². The van der Waals surface area contributed by atoms with Gasteiger partial charge in [-0.2, -0.15) is 0 Å². The zero-order valence-electron chi connectivity index (χ0n) is 12.2. The molecule has 1 N–H and O–H groups in total. The molecule has 1 aliphatic heterocycles. The van der Waals surface area contributed by atoms with Gasteiger partial charge in [0.15, 0.2) is 0 Å². The highest BCUT2D eigenvalue weighted by molar-refractivity contribution is 5.56. The molecule has 2 rings (SSSR count). The van der Waals surface area contributed by atoms with Gasteiger partial charge in [-0.3, -0.25) is 0 Å². The van der Waals surface area contributed by atoms with Crippen LogP contribution in [0.15, 0.2) is 24.3 Å². The van der Waals surface area contributed by atoms with Crippen LogP contribution in [-0.2, 0) is 0 Å². The number of para-hydroxylation sites is 2. The number of rotatable bonds is 6. The fraction of sp³-hybridized carbons (Fsp3) is 0.625. The normalized spacial score (nSPS) is 17.4. The van der Waals surface area contributed by atoms with Crippen LogP contribution in [0, 0.1) is 5.92 Å². The molecule has 1 aliphatic rings. The molecule has 0 radical (unpaired) electrons. The molecule has 3 nitrogen and oxygen atoms in total. The number of ether oxygens (including phenoxy) is 1. The van der Waals surface area contributed by atoms with Gasteiger partial charge in [-0.1, -0.05) is 19.1 Å². The second kappa shape index (κ2) is 7.39. The van der Waals surface area contributed by atoms with Gasteiger partial charge >= 0.3 is 0 Å². The molecule has 3 heteroatoms. The number of likely N-dealkylation sites (tertiary alicyclic amines) is 1. The Hall–Kier alpha value is -1.22. The molecule has 0 bridgehead atoms. The Labute approximate surface area is 116 Å². The molecule has 1 fully saturated rings. The van der Waals surface area contributed by atoms with Crippen molar-refractivity contribution < 1.29 is 4.74 Å². The molecule has 0 aromatic heterocycles. The summed E-state index contributed by atoms with van der Waals surface area (Å²) in [5.41, 5.74) is 1.11. The molecular weight excluding hydrogens is 236 g/mol. The van der Waals surface area contributed by atoms with Gasteiger partial charge < -0.3 is 15.0 Å². The monoisotopic (exact) mass is 262 g/mol. The van der Waals surface area contributed by atoms with Gasteiger partial charge in [0, 0.05) is 13.1 Å². The summed E-state index contributed by atoms with van der Waals surface area (Å²) < 4.78 is 5.62. The van der Waals surface area contributed by atoms with Gasteiger partial charge in [-0.25, -0.2) is 0 Å². The second-order valence-corrected chi connectivity index (χ2v) is 5.38. The highest BCUT2D eigenvalue weighted by atomic mass is 16.5. The predicted molar refractivity (Wildman–Crippen MR) is 80.9 cm³/mol. The number of benzene rings is 1. The summed E-state index contributed by atoms with van der Waals surface area (Å²) in [6.07, 6.45) is 2.69. The summed E-state index contributed by atoms with van der Waals surface area (Å²) in [4.78, 5) is 2.55. The van der Waals surface area contributed by atoms with Crippen LogP contribution in [0.4, 0.5) is 5.69 Å². The van der Waals surface area contributed by atoms with Crippen molar-refractivity contribution in [2.75, 3.05) is 38.1 Å². The third kappa shape index (κ3) is 4.43. The summed E-state index contributed by atoms with van der Waals surface area (Å²) >= 11 is 0. The molecule has 1 saturated heterocycles. The van der Waals surface area contributed by atoms with Crippen LogP contribution in [-0.4, -0.2) is 37.7 Å². The first-order valence-electron chi connectivity index (χ1n) is 7.47. The fourth-order valence-corrected chi connectivity index (χ4v) is 2.53. The summed E-state index contributed by atoms with van der Waals surface area (Å²) in [6, 6.07) is 8.17. The van der Waals surface area contributed by atoms with Crippen molar-refractivity contribution in [2.24, 2.45) is 5.92 Å². The zero-order valence-corrected chi connectivity index (χ0v) is 12.2. The lowest BCUT2D eigenvalue weighted by Gasteiger charge is -2.30. The number of nitrogens with one attached hydrogen (secondary N) is 1. The predicted octanol–water partition coefficient (Wildman–Crippen LogP) is 3.23. The molecule has 1 aromatic carbocycles. The van der Waals surface area contributed by atoms with E-state index in [4.69, 9.17) is 4.74 Å². The number of hydrogen-bond donors (Lipinski definition) is 1. The maximum Gasteiger partial charge on any atom is 0.142 e. The van der Waals surface area contributed by atoms with E-state index in [0.717, 1.165) is 30.4 Å². The molecule has 0 unspecified atom stereocenters. The first kappa shape index (κ1) is 14.2. The molecule has 106 valence electrons. The summed E-state index contributed by atoms with van der Waals surface area (Å²) in [5.74, 6) is 1.86. The van der Waals surface area contributed by atoms with E-state index in [2.05, 4.69) is 23.2 Å². The molecule has 1 aromatic rings. The van der Waals surface area contributed by atoms with E-state index >= 15 is 0 Å². The summed E-state index contributed by atoms with van der Waals surface area (Å²) in [5, 5.41) is 3.49. The molecular formula is C16H26N2O. The van der Waals surface area contributed by atoms with Crippen molar-refractivity contribution in [1.82, 2.24) is 4.90 Å². The minimum absolute atomic E-state index is 0.711. The molecule has 0 aliphatic carbocycles. The highest BCUT2D eigenvalue weighted by Crippen LogP contribution is 2.23. The van der Waals surface area contributed by atoms with E-state index in [1.54, 1.807) is 0 Å². The van der Waals surface area contributed by atoms with Gasteiger partial charge in [-0.05, 0) is 50.9 Å². The lowest BCUT2D eigenvalue weighted by molar-refractivity contribution is 0.199. The van der Waals surface area contributed by atoms with E-state index in [1.807, 2.05) is 25.1 Å². The largest absolute Gasteiger partial charge is 0.492 e. The van der Waals surface area contributed by atoms with Gasteiger partial charge in [-0.15, -0.1) is 0 Å². The Morgan fingerprint density at radius 2 is 2.00 bits per heavy atom. The quantitative estimate of drug-likeness (QED) is 0.852. The molecule has 0 amide bonds. The van der Waals surface area contributed by atoms with Crippen molar-refractivity contribution in [3.05, 3.63) is 24.3 Å². The van der Waals surface area contributed by atoms with Gasteiger partial charge in [0.1, 0.15) is 5.75 Å². The first-order valence-corrected chi connectivity index (χ1v) is 7.47. The van der Waals surface area contributed by atoms with E-state index < -0.39 is 0 Å². The summed E-state index contributed by atoms with van der Waals surface area (Å²) in [6.45, 7) is 9.68. The third-order valence-corrected chi connectivity index (χ3v) is 3.81. The van der Waals surface area contributed by atoms with Crippen molar-refractivity contribution in [3.8, 4) is 5.75 Å². The van der Waals surface area contributed by atoms with Crippen LogP contribution in [0.5, 0.6) is 5.75 Å². The maximum atomic E-state index is 5.62. The van der Waals surface area contributed by atoms with E-state index in [-0.39, 0.29) is 0 Å². The van der Waals surface area contributed by atoms with Crippen LogP contribution in [0.1, 0.15) is 26.7 Å². The standard InChI is InChI=1S/C16H26N2O/c1-3-19-16-7-5-4-6-15(16)17-10-13-18-11-8-14(2)9-12-18/h4-7,14,17H,3,8-13H2,1-2H3. The van der Waals surface area contributed by atoms with Crippen molar-refractivity contribution >= 4 is 5.69 Å². The van der Waals surface area contributed by atoms with Crippen LogP contribution < -0.4 is 10.1 Å².